The van der Waals surface area contributed by atoms with E-state index in [9.17, 15) is 14.9 Å². The van der Waals surface area contributed by atoms with Crippen LogP contribution >= 0.6 is 0 Å². The van der Waals surface area contributed by atoms with Gasteiger partial charge in [-0.3, -0.25) is 14.9 Å². The molecule has 0 bridgehead atoms. The maximum atomic E-state index is 12.0. The average Bonchev–Trinajstić information content (AvgIpc) is 2.47. The third kappa shape index (κ3) is 2.29. The number of rotatable bonds is 3. The Morgan fingerprint density at radius 1 is 1.25 bits per heavy atom. The molecule has 0 aliphatic heterocycles. The second-order valence-electron chi connectivity index (χ2n) is 4.10. The van der Waals surface area contributed by atoms with Crippen molar-refractivity contribution in [2.45, 2.75) is 13.5 Å². The lowest BCUT2D eigenvalue weighted by atomic mass is 10.1. The first-order valence-corrected chi connectivity index (χ1v) is 5.97. The lowest BCUT2D eigenvalue weighted by Crippen LogP contribution is -2.23. The summed E-state index contributed by atoms with van der Waals surface area (Å²) in [4.78, 5) is 22.2. The molecule has 1 aromatic carbocycles. The molecule has 0 aliphatic rings. The number of pyridine rings is 1. The van der Waals surface area contributed by atoms with E-state index in [2.05, 4.69) is 0 Å². The molecule has 0 fully saturated rings. The molecule has 20 heavy (non-hydrogen) atoms. The van der Waals surface area contributed by atoms with E-state index < -0.39 is 4.92 Å². The summed E-state index contributed by atoms with van der Waals surface area (Å²) >= 11 is 0. The number of non-ortho nitro benzene ring substituents is 1. The van der Waals surface area contributed by atoms with Gasteiger partial charge in [-0.2, -0.15) is 5.26 Å². The van der Waals surface area contributed by atoms with E-state index in [1.165, 1.54) is 22.8 Å². The Hall–Kier alpha value is -2.94. The molecule has 0 atom stereocenters. The predicted molar refractivity (Wildman–Crippen MR) is 73.2 cm³/mol. The summed E-state index contributed by atoms with van der Waals surface area (Å²) in [6.07, 6.45) is 0. The number of hydrogen-bond acceptors (Lipinski definition) is 4. The second-order valence-corrected chi connectivity index (χ2v) is 4.10. The molecule has 2 rings (SSSR count). The van der Waals surface area contributed by atoms with Gasteiger partial charge in [-0.25, -0.2) is 0 Å². The Labute approximate surface area is 114 Å². The molecule has 2 aromatic rings. The smallest absolute Gasteiger partial charge is 0.269 e. The molecule has 1 heterocycles. The fourth-order valence-corrected chi connectivity index (χ4v) is 1.98. The molecular weight excluding hydrogens is 258 g/mol. The van der Waals surface area contributed by atoms with Crippen molar-refractivity contribution >= 4 is 5.69 Å². The van der Waals surface area contributed by atoms with Crippen LogP contribution in [-0.4, -0.2) is 9.49 Å². The van der Waals surface area contributed by atoms with E-state index in [-0.39, 0.29) is 16.8 Å². The second kappa shape index (κ2) is 5.36. The summed E-state index contributed by atoms with van der Waals surface area (Å²) in [7, 11) is 0. The standard InChI is InChI=1S/C14H11N3O3/c1-2-16-13(8-5-11(9-15)14(16)18)10-3-6-12(7-4-10)17(19)20/h3-8H,2H2,1H3. The van der Waals surface area contributed by atoms with Gasteiger partial charge in [0.15, 0.2) is 0 Å². The number of nitro groups is 1. The Balaban J connectivity index is 2.58. The van der Waals surface area contributed by atoms with Crippen LogP contribution in [0.1, 0.15) is 12.5 Å². The highest BCUT2D eigenvalue weighted by Gasteiger charge is 2.10. The van der Waals surface area contributed by atoms with Crippen molar-refractivity contribution in [3.63, 3.8) is 0 Å². The topological polar surface area (TPSA) is 88.9 Å². The summed E-state index contributed by atoms with van der Waals surface area (Å²) in [6, 6.07) is 10.9. The van der Waals surface area contributed by atoms with Crippen LogP contribution in [0.25, 0.3) is 11.3 Å². The Kier molecular flexibility index (Phi) is 3.62. The molecule has 0 saturated carbocycles. The summed E-state index contributed by atoms with van der Waals surface area (Å²) in [5.74, 6) is 0. The van der Waals surface area contributed by atoms with Crippen molar-refractivity contribution in [2.24, 2.45) is 0 Å². The largest absolute Gasteiger partial charge is 0.307 e. The van der Waals surface area contributed by atoms with E-state index in [4.69, 9.17) is 5.26 Å². The van der Waals surface area contributed by atoms with Crippen molar-refractivity contribution in [2.75, 3.05) is 0 Å². The zero-order valence-corrected chi connectivity index (χ0v) is 10.7. The highest BCUT2D eigenvalue weighted by molar-refractivity contribution is 5.62. The van der Waals surface area contributed by atoms with Crippen LogP contribution in [0.15, 0.2) is 41.2 Å². The number of nitriles is 1. The monoisotopic (exact) mass is 269 g/mol. The number of benzene rings is 1. The van der Waals surface area contributed by atoms with Crippen LogP contribution in [0, 0.1) is 21.4 Å². The normalized spacial score (nSPS) is 10.0. The third-order valence-electron chi connectivity index (χ3n) is 2.98. The molecular formula is C14H11N3O3. The highest BCUT2D eigenvalue weighted by atomic mass is 16.6. The molecule has 0 unspecified atom stereocenters. The summed E-state index contributed by atoms with van der Waals surface area (Å²) in [6.45, 7) is 2.22. The van der Waals surface area contributed by atoms with E-state index >= 15 is 0 Å². The Morgan fingerprint density at radius 3 is 2.40 bits per heavy atom. The highest BCUT2D eigenvalue weighted by Crippen LogP contribution is 2.21. The van der Waals surface area contributed by atoms with E-state index in [0.717, 1.165) is 0 Å². The van der Waals surface area contributed by atoms with Crippen molar-refractivity contribution in [1.29, 1.82) is 5.26 Å². The van der Waals surface area contributed by atoms with Gasteiger partial charge >= 0.3 is 0 Å². The zero-order valence-electron chi connectivity index (χ0n) is 10.7. The van der Waals surface area contributed by atoms with Gasteiger partial charge in [-0.15, -0.1) is 0 Å². The summed E-state index contributed by atoms with van der Waals surface area (Å²) < 4.78 is 1.47. The SMILES string of the molecule is CCn1c(-c2ccc([N+](=O)[O-])cc2)ccc(C#N)c1=O. The number of hydrogen-bond donors (Lipinski definition) is 0. The lowest BCUT2D eigenvalue weighted by Gasteiger charge is -2.11. The maximum absolute atomic E-state index is 12.0. The van der Waals surface area contributed by atoms with Gasteiger partial charge in [-0.1, -0.05) is 0 Å². The summed E-state index contributed by atoms with van der Waals surface area (Å²) in [5, 5.41) is 19.5. The van der Waals surface area contributed by atoms with Crippen molar-refractivity contribution in [3.05, 3.63) is 62.4 Å². The van der Waals surface area contributed by atoms with Crippen molar-refractivity contribution in [3.8, 4) is 17.3 Å². The van der Waals surface area contributed by atoms with Crippen LogP contribution in [0.2, 0.25) is 0 Å². The van der Waals surface area contributed by atoms with Gasteiger partial charge in [-0.05, 0) is 36.8 Å². The van der Waals surface area contributed by atoms with E-state index in [1.807, 2.05) is 6.07 Å². The fourth-order valence-electron chi connectivity index (χ4n) is 1.98. The summed E-state index contributed by atoms with van der Waals surface area (Å²) in [5.41, 5.74) is 1.04. The molecule has 0 saturated heterocycles. The Bertz CT molecular complexity index is 755. The number of nitro benzene ring substituents is 1. The molecule has 0 spiro atoms. The fraction of sp³-hybridized carbons (Fsp3) is 0.143. The lowest BCUT2D eigenvalue weighted by molar-refractivity contribution is -0.384. The first-order chi connectivity index (χ1) is 9.58. The number of nitrogens with zero attached hydrogens (tertiary/aromatic N) is 3. The minimum Gasteiger partial charge on any atom is -0.307 e. The van der Waals surface area contributed by atoms with E-state index in [0.29, 0.717) is 17.8 Å². The van der Waals surface area contributed by atoms with Crippen LogP contribution in [0.4, 0.5) is 5.69 Å². The minimum absolute atomic E-state index is 0.00668. The van der Waals surface area contributed by atoms with Crippen molar-refractivity contribution < 1.29 is 4.92 Å². The van der Waals surface area contributed by atoms with Crippen LogP contribution in [-0.2, 0) is 6.54 Å². The maximum Gasteiger partial charge on any atom is 0.269 e. The molecule has 100 valence electrons. The molecule has 1 aromatic heterocycles. The van der Waals surface area contributed by atoms with Crippen molar-refractivity contribution in [1.82, 2.24) is 4.57 Å². The molecule has 0 N–H and O–H groups in total. The van der Waals surface area contributed by atoms with Crippen LogP contribution < -0.4 is 5.56 Å². The van der Waals surface area contributed by atoms with Crippen LogP contribution in [0.5, 0.6) is 0 Å². The molecule has 6 nitrogen and oxygen atoms in total. The zero-order chi connectivity index (χ0) is 14.7. The minimum atomic E-state index is -0.477. The van der Waals surface area contributed by atoms with E-state index in [1.54, 1.807) is 25.1 Å². The predicted octanol–water partition coefficient (Wildman–Crippen LogP) is 2.32. The van der Waals surface area contributed by atoms with Gasteiger partial charge in [0.2, 0.25) is 0 Å². The molecule has 0 radical (unpaired) electrons. The molecule has 0 amide bonds. The van der Waals surface area contributed by atoms with Gasteiger partial charge < -0.3 is 4.57 Å². The van der Waals surface area contributed by atoms with Gasteiger partial charge in [0.1, 0.15) is 11.6 Å². The number of aromatic nitrogens is 1. The first kappa shape index (κ1) is 13.5. The van der Waals surface area contributed by atoms with Crippen LogP contribution in [0.3, 0.4) is 0 Å². The average molecular weight is 269 g/mol. The molecule has 6 heteroatoms. The van der Waals surface area contributed by atoms with Gasteiger partial charge in [0, 0.05) is 18.7 Å². The Morgan fingerprint density at radius 2 is 1.90 bits per heavy atom. The molecule has 0 aliphatic carbocycles. The van der Waals surface area contributed by atoms with Gasteiger partial charge in [0.05, 0.1) is 10.6 Å². The third-order valence-corrected chi connectivity index (χ3v) is 2.98. The quantitative estimate of drug-likeness (QED) is 0.631. The first-order valence-electron chi connectivity index (χ1n) is 5.97. The van der Waals surface area contributed by atoms with Gasteiger partial charge in [0.25, 0.3) is 11.2 Å².